The summed E-state index contributed by atoms with van der Waals surface area (Å²) in [6, 6.07) is 6.36. The van der Waals surface area contributed by atoms with Crippen LogP contribution in [-0.2, 0) is 11.3 Å². The third-order valence-corrected chi connectivity index (χ3v) is 4.36. The van der Waals surface area contributed by atoms with E-state index in [2.05, 4.69) is 52.1 Å². The maximum atomic E-state index is 5.48. The van der Waals surface area contributed by atoms with E-state index in [1.54, 1.807) is 0 Å². The fourth-order valence-electron chi connectivity index (χ4n) is 3.03. The van der Waals surface area contributed by atoms with Crippen LogP contribution in [0.2, 0.25) is 0 Å². The molecule has 1 N–H and O–H groups in total. The van der Waals surface area contributed by atoms with Crippen molar-refractivity contribution in [2.75, 3.05) is 26.3 Å². The number of benzene rings is 1. The number of nitrogens with zero attached hydrogens (tertiary/aromatic N) is 3. The van der Waals surface area contributed by atoms with E-state index in [9.17, 15) is 0 Å². The Morgan fingerprint density at radius 1 is 1.22 bits per heavy atom. The predicted octanol–water partition coefficient (Wildman–Crippen LogP) is 2.67. The van der Waals surface area contributed by atoms with E-state index < -0.39 is 0 Å². The topological polar surface area (TPSA) is 67.2 Å². The Labute approximate surface area is 134 Å². The number of rotatable bonds is 3. The van der Waals surface area contributed by atoms with Crippen molar-refractivity contribution in [2.45, 2.75) is 20.4 Å². The van der Waals surface area contributed by atoms with Crippen molar-refractivity contribution in [2.24, 2.45) is 0 Å². The summed E-state index contributed by atoms with van der Waals surface area (Å²) in [6.07, 6.45) is 0. The van der Waals surface area contributed by atoms with E-state index in [0.29, 0.717) is 12.4 Å². The first-order chi connectivity index (χ1) is 11.2. The van der Waals surface area contributed by atoms with Gasteiger partial charge in [-0.25, -0.2) is 0 Å². The maximum Gasteiger partial charge on any atom is 0.274 e. The van der Waals surface area contributed by atoms with Gasteiger partial charge in [0.1, 0.15) is 5.69 Å². The van der Waals surface area contributed by atoms with Crippen molar-refractivity contribution in [3.63, 3.8) is 0 Å². The Morgan fingerprint density at radius 2 is 2.04 bits per heavy atom. The summed E-state index contributed by atoms with van der Waals surface area (Å²) in [6.45, 7) is 8.24. The number of H-pyrrole nitrogens is 1. The lowest BCUT2D eigenvalue weighted by Gasteiger charge is -2.24. The van der Waals surface area contributed by atoms with E-state index in [0.717, 1.165) is 48.9 Å². The highest BCUT2D eigenvalue weighted by atomic mass is 16.5. The summed E-state index contributed by atoms with van der Waals surface area (Å²) in [7, 11) is 0. The molecule has 0 atom stereocenters. The van der Waals surface area contributed by atoms with Gasteiger partial charge < -0.3 is 14.2 Å². The number of aryl methyl sites for hydroxylation is 2. The quantitative estimate of drug-likeness (QED) is 0.805. The summed E-state index contributed by atoms with van der Waals surface area (Å²) in [5.41, 5.74) is 4.39. The van der Waals surface area contributed by atoms with Crippen LogP contribution in [0.5, 0.6) is 0 Å². The van der Waals surface area contributed by atoms with Gasteiger partial charge in [-0.1, -0.05) is 16.8 Å². The molecule has 3 heterocycles. The smallest absolute Gasteiger partial charge is 0.274 e. The van der Waals surface area contributed by atoms with Gasteiger partial charge in [-0.2, -0.15) is 4.98 Å². The fourth-order valence-corrected chi connectivity index (χ4v) is 3.03. The van der Waals surface area contributed by atoms with Gasteiger partial charge in [0.25, 0.3) is 5.89 Å². The molecule has 6 nitrogen and oxygen atoms in total. The standard InChI is InChI=1S/C17H20N4O2/c1-11-3-4-14-13(9-11)12(2)16(18-14)17-19-15(20-23-17)10-21-5-7-22-8-6-21/h3-4,9,18H,5-8,10H2,1-2H3. The summed E-state index contributed by atoms with van der Waals surface area (Å²) < 4.78 is 10.8. The monoisotopic (exact) mass is 312 g/mol. The minimum absolute atomic E-state index is 0.555. The zero-order valence-corrected chi connectivity index (χ0v) is 13.4. The maximum absolute atomic E-state index is 5.48. The average molecular weight is 312 g/mol. The van der Waals surface area contributed by atoms with Crippen LogP contribution in [0.15, 0.2) is 22.7 Å². The number of hydrogen-bond acceptors (Lipinski definition) is 5. The van der Waals surface area contributed by atoms with Gasteiger partial charge in [0, 0.05) is 24.0 Å². The molecular formula is C17H20N4O2. The molecule has 0 radical (unpaired) electrons. The van der Waals surface area contributed by atoms with Gasteiger partial charge >= 0.3 is 0 Å². The van der Waals surface area contributed by atoms with Crippen LogP contribution in [0.25, 0.3) is 22.5 Å². The number of aromatic nitrogens is 3. The van der Waals surface area contributed by atoms with Gasteiger partial charge in [0.05, 0.1) is 19.8 Å². The average Bonchev–Trinajstić information content (AvgIpc) is 3.14. The summed E-state index contributed by atoms with van der Waals surface area (Å²) in [5.74, 6) is 1.27. The SMILES string of the molecule is Cc1ccc2[nH]c(-c3nc(CN4CCOCC4)no3)c(C)c2c1. The predicted molar refractivity (Wildman–Crippen MR) is 87.2 cm³/mol. The van der Waals surface area contributed by atoms with Crippen LogP contribution < -0.4 is 0 Å². The second kappa shape index (κ2) is 5.79. The Bertz CT molecular complexity index is 830. The number of fused-ring (bicyclic) bond motifs is 1. The van der Waals surface area contributed by atoms with Crippen molar-refractivity contribution in [1.82, 2.24) is 20.0 Å². The summed E-state index contributed by atoms with van der Waals surface area (Å²) in [4.78, 5) is 10.2. The van der Waals surface area contributed by atoms with Crippen molar-refractivity contribution in [3.05, 3.63) is 35.2 Å². The van der Waals surface area contributed by atoms with Crippen molar-refractivity contribution < 1.29 is 9.26 Å². The molecule has 1 aliphatic heterocycles. The molecule has 1 fully saturated rings. The molecule has 0 bridgehead atoms. The molecule has 0 aliphatic carbocycles. The van der Waals surface area contributed by atoms with E-state index in [1.807, 2.05) is 0 Å². The molecule has 1 saturated heterocycles. The molecular weight excluding hydrogens is 292 g/mol. The van der Waals surface area contributed by atoms with Crippen LogP contribution in [0.4, 0.5) is 0 Å². The second-order valence-corrected chi connectivity index (χ2v) is 6.08. The lowest BCUT2D eigenvalue weighted by Crippen LogP contribution is -2.35. The molecule has 0 amide bonds. The van der Waals surface area contributed by atoms with E-state index in [4.69, 9.17) is 9.26 Å². The van der Waals surface area contributed by atoms with Crippen LogP contribution in [0.3, 0.4) is 0 Å². The van der Waals surface area contributed by atoms with Gasteiger partial charge in [-0.3, -0.25) is 4.90 Å². The van der Waals surface area contributed by atoms with Crippen molar-refractivity contribution >= 4 is 10.9 Å². The Hall–Kier alpha value is -2.18. The number of ether oxygens (including phenoxy) is 1. The number of hydrogen-bond donors (Lipinski definition) is 1. The van der Waals surface area contributed by atoms with Crippen LogP contribution in [-0.4, -0.2) is 46.3 Å². The molecule has 1 aromatic carbocycles. The molecule has 6 heteroatoms. The third-order valence-electron chi connectivity index (χ3n) is 4.36. The first kappa shape index (κ1) is 14.4. The zero-order chi connectivity index (χ0) is 15.8. The highest BCUT2D eigenvalue weighted by molar-refractivity contribution is 5.89. The molecule has 0 spiro atoms. The lowest BCUT2D eigenvalue weighted by atomic mass is 10.1. The summed E-state index contributed by atoms with van der Waals surface area (Å²) in [5, 5.41) is 5.33. The Balaban J connectivity index is 1.62. The highest BCUT2D eigenvalue weighted by Gasteiger charge is 2.18. The minimum Gasteiger partial charge on any atom is -0.379 e. The van der Waals surface area contributed by atoms with Crippen molar-refractivity contribution in [1.29, 1.82) is 0 Å². The molecule has 2 aromatic heterocycles. The Morgan fingerprint density at radius 3 is 2.87 bits per heavy atom. The van der Waals surface area contributed by atoms with E-state index in [-0.39, 0.29) is 0 Å². The van der Waals surface area contributed by atoms with Gasteiger partial charge in [-0.05, 0) is 31.5 Å². The fraction of sp³-hybridized carbons (Fsp3) is 0.412. The summed E-state index contributed by atoms with van der Waals surface area (Å²) >= 11 is 0. The number of nitrogens with one attached hydrogen (secondary N) is 1. The molecule has 3 aromatic rings. The highest BCUT2D eigenvalue weighted by Crippen LogP contribution is 2.29. The first-order valence-corrected chi connectivity index (χ1v) is 7.93. The normalized spacial score (nSPS) is 16.3. The minimum atomic E-state index is 0.555. The number of morpholine rings is 1. The lowest BCUT2D eigenvalue weighted by molar-refractivity contribution is 0.0327. The molecule has 0 saturated carbocycles. The van der Waals surface area contributed by atoms with Gasteiger partial charge in [-0.15, -0.1) is 0 Å². The molecule has 120 valence electrons. The number of aromatic amines is 1. The molecule has 23 heavy (non-hydrogen) atoms. The van der Waals surface area contributed by atoms with E-state index in [1.165, 1.54) is 10.9 Å². The Kier molecular flexibility index (Phi) is 3.63. The van der Waals surface area contributed by atoms with Crippen LogP contribution in [0, 0.1) is 13.8 Å². The van der Waals surface area contributed by atoms with Crippen molar-refractivity contribution in [3.8, 4) is 11.6 Å². The van der Waals surface area contributed by atoms with Crippen LogP contribution in [0.1, 0.15) is 17.0 Å². The second-order valence-electron chi connectivity index (χ2n) is 6.08. The largest absolute Gasteiger partial charge is 0.379 e. The first-order valence-electron chi connectivity index (χ1n) is 7.93. The van der Waals surface area contributed by atoms with E-state index >= 15 is 0 Å². The zero-order valence-electron chi connectivity index (χ0n) is 13.4. The van der Waals surface area contributed by atoms with Gasteiger partial charge in [0.2, 0.25) is 0 Å². The van der Waals surface area contributed by atoms with Crippen LogP contribution >= 0.6 is 0 Å². The molecule has 4 rings (SSSR count). The molecule has 1 aliphatic rings. The van der Waals surface area contributed by atoms with Gasteiger partial charge in [0.15, 0.2) is 5.82 Å². The molecule has 0 unspecified atom stereocenters. The third kappa shape index (κ3) is 2.75.